The number of benzene rings is 1. The molecule has 3 nitrogen and oxygen atoms in total. The molecule has 0 bridgehead atoms. The van der Waals surface area contributed by atoms with Crippen LogP contribution in [0.3, 0.4) is 0 Å². The van der Waals surface area contributed by atoms with Crippen molar-refractivity contribution in [3.8, 4) is 0 Å². The zero-order valence-corrected chi connectivity index (χ0v) is 7.18. The van der Waals surface area contributed by atoms with Gasteiger partial charge in [-0.25, -0.2) is 4.98 Å². The van der Waals surface area contributed by atoms with Gasteiger partial charge in [0.05, 0.1) is 11.0 Å². The summed E-state index contributed by atoms with van der Waals surface area (Å²) in [6, 6.07) is 6.16. The molecule has 0 aliphatic heterocycles. The molecule has 0 amide bonds. The molecule has 0 fully saturated rings. The Hall–Kier alpha value is -1.51. The monoisotopic (exact) mass is 161 g/mol. The van der Waals surface area contributed by atoms with E-state index in [9.17, 15) is 0 Å². The summed E-state index contributed by atoms with van der Waals surface area (Å²) >= 11 is 0. The fraction of sp³-hybridized carbons (Fsp3) is 0.222. The van der Waals surface area contributed by atoms with E-state index >= 15 is 0 Å². The molecule has 0 radical (unpaired) electrons. The molecule has 1 heterocycles. The number of fused-ring (bicyclic) bond motifs is 1. The van der Waals surface area contributed by atoms with Crippen LogP contribution in [0.4, 0.5) is 5.95 Å². The van der Waals surface area contributed by atoms with Gasteiger partial charge in [0, 0.05) is 7.05 Å². The molecule has 0 aliphatic rings. The fourth-order valence-electron chi connectivity index (χ4n) is 1.24. The Labute approximate surface area is 70.8 Å². The van der Waals surface area contributed by atoms with E-state index in [1.165, 1.54) is 5.56 Å². The first kappa shape index (κ1) is 7.16. The number of aryl methyl sites for hydroxylation is 1. The number of hydrogen-bond donors (Lipinski definition) is 2. The Morgan fingerprint density at radius 2 is 2.25 bits per heavy atom. The van der Waals surface area contributed by atoms with Gasteiger partial charge in [0.1, 0.15) is 0 Å². The zero-order chi connectivity index (χ0) is 8.55. The van der Waals surface area contributed by atoms with Crippen LogP contribution in [-0.4, -0.2) is 17.0 Å². The van der Waals surface area contributed by atoms with E-state index in [0.29, 0.717) is 0 Å². The maximum atomic E-state index is 4.31. The summed E-state index contributed by atoms with van der Waals surface area (Å²) in [5, 5.41) is 2.97. The van der Waals surface area contributed by atoms with Crippen LogP contribution in [0.1, 0.15) is 5.56 Å². The fourth-order valence-corrected chi connectivity index (χ4v) is 1.24. The van der Waals surface area contributed by atoms with Gasteiger partial charge in [0.25, 0.3) is 0 Å². The molecule has 0 saturated carbocycles. The first-order chi connectivity index (χ1) is 5.79. The third-order valence-electron chi connectivity index (χ3n) is 1.87. The average Bonchev–Trinajstić information content (AvgIpc) is 2.46. The summed E-state index contributed by atoms with van der Waals surface area (Å²) in [6.07, 6.45) is 0. The normalized spacial score (nSPS) is 10.5. The molecule has 2 rings (SSSR count). The lowest BCUT2D eigenvalue weighted by molar-refractivity contribution is 1.28. The number of rotatable bonds is 1. The number of nitrogens with one attached hydrogen (secondary N) is 2. The number of aromatic amines is 1. The lowest BCUT2D eigenvalue weighted by Gasteiger charge is -1.89. The minimum atomic E-state index is 0.815. The molecule has 2 aromatic rings. The lowest BCUT2D eigenvalue weighted by Crippen LogP contribution is -1.88. The topological polar surface area (TPSA) is 40.7 Å². The molecule has 62 valence electrons. The molecule has 2 N–H and O–H groups in total. The molecular formula is C9H11N3. The molecular weight excluding hydrogens is 150 g/mol. The molecule has 0 aliphatic carbocycles. The summed E-state index contributed by atoms with van der Waals surface area (Å²) in [7, 11) is 1.85. The summed E-state index contributed by atoms with van der Waals surface area (Å²) in [4.78, 5) is 7.47. The Morgan fingerprint density at radius 3 is 3.00 bits per heavy atom. The van der Waals surface area contributed by atoms with E-state index in [4.69, 9.17) is 0 Å². The van der Waals surface area contributed by atoms with Crippen molar-refractivity contribution in [2.24, 2.45) is 0 Å². The van der Waals surface area contributed by atoms with E-state index in [1.807, 2.05) is 13.1 Å². The smallest absolute Gasteiger partial charge is 0.200 e. The number of anilines is 1. The number of hydrogen-bond acceptors (Lipinski definition) is 2. The van der Waals surface area contributed by atoms with Gasteiger partial charge in [0.2, 0.25) is 5.95 Å². The van der Waals surface area contributed by atoms with Gasteiger partial charge in [-0.1, -0.05) is 6.07 Å². The lowest BCUT2D eigenvalue weighted by atomic mass is 10.2. The number of aromatic nitrogens is 2. The number of imidazole rings is 1. The van der Waals surface area contributed by atoms with E-state index in [2.05, 4.69) is 34.3 Å². The van der Waals surface area contributed by atoms with Crippen LogP contribution in [0.25, 0.3) is 11.0 Å². The van der Waals surface area contributed by atoms with Crippen LogP contribution in [0.15, 0.2) is 18.2 Å². The Morgan fingerprint density at radius 1 is 1.42 bits per heavy atom. The van der Waals surface area contributed by atoms with E-state index in [0.717, 1.165) is 17.0 Å². The van der Waals surface area contributed by atoms with Crippen molar-refractivity contribution in [1.82, 2.24) is 9.97 Å². The van der Waals surface area contributed by atoms with Crippen molar-refractivity contribution in [2.45, 2.75) is 6.92 Å². The highest BCUT2D eigenvalue weighted by atomic mass is 15.1. The van der Waals surface area contributed by atoms with E-state index < -0.39 is 0 Å². The highest BCUT2D eigenvalue weighted by Gasteiger charge is 1.99. The second-order valence-electron chi connectivity index (χ2n) is 2.86. The largest absolute Gasteiger partial charge is 0.359 e. The summed E-state index contributed by atoms with van der Waals surface area (Å²) in [5.41, 5.74) is 3.33. The number of nitrogens with zero attached hydrogens (tertiary/aromatic N) is 1. The third kappa shape index (κ3) is 1.03. The van der Waals surface area contributed by atoms with Crippen molar-refractivity contribution in [3.63, 3.8) is 0 Å². The second kappa shape index (κ2) is 2.52. The Bertz CT molecular complexity index is 403. The van der Waals surface area contributed by atoms with Crippen LogP contribution in [0.2, 0.25) is 0 Å². The summed E-state index contributed by atoms with van der Waals surface area (Å²) < 4.78 is 0. The van der Waals surface area contributed by atoms with Crippen molar-refractivity contribution < 1.29 is 0 Å². The second-order valence-corrected chi connectivity index (χ2v) is 2.86. The molecule has 0 atom stereocenters. The van der Waals surface area contributed by atoms with Gasteiger partial charge < -0.3 is 10.3 Å². The van der Waals surface area contributed by atoms with Gasteiger partial charge in [-0.05, 0) is 24.6 Å². The summed E-state index contributed by atoms with van der Waals surface area (Å²) in [5.74, 6) is 0.815. The van der Waals surface area contributed by atoms with Gasteiger partial charge in [-0.15, -0.1) is 0 Å². The van der Waals surface area contributed by atoms with Crippen molar-refractivity contribution in [3.05, 3.63) is 23.8 Å². The van der Waals surface area contributed by atoms with Gasteiger partial charge in [-0.2, -0.15) is 0 Å². The average molecular weight is 161 g/mol. The summed E-state index contributed by atoms with van der Waals surface area (Å²) in [6.45, 7) is 2.07. The standard InChI is InChI=1S/C9H11N3/c1-6-3-4-7-8(5-6)12-9(10-2)11-7/h3-5H,1-2H3,(H2,10,11,12). The highest BCUT2D eigenvalue weighted by molar-refractivity contribution is 5.78. The van der Waals surface area contributed by atoms with E-state index in [-0.39, 0.29) is 0 Å². The van der Waals surface area contributed by atoms with Gasteiger partial charge in [-0.3, -0.25) is 0 Å². The Kier molecular flexibility index (Phi) is 1.50. The minimum absolute atomic E-state index is 0.815. The SMILES string of the molecule is CNc1nc2ccc(C)cc2[nH]1. The highest BCUT2D eigenvalue weighted by Crippen LogP contribution is 2.14. The van der Waals surface area contributed by atoms with Gasteiger partial charge in [0.15, 0.2) is 0 Å². The van der Waals surface area contributed by atoms with Crippen LogP contribution in [0, 0.1) is 6.92 Å². The zero-order valence-electron chi connectivity index (χ0n) is 7.18. The quantitative estimate of drug-likeness (QED) is 0.670. The Balaban J connectivity index is 2.67. The maximum Gasteiger partial charge on any atom is 0.200 e. The van der Waals surface area contributed by atoms with Crippen molar-refractivity contribution in [2.75, 3.05) is 12.4 Å². The van der Waals surface area contributed by atoms with Gasteiger partial charge >= 0.3 is 0 Å². The first-order valence-electron chi connectivity index (χ1n) is 3.94. The van der Waals surface area contributed by atoms with E-state index in [1.54, 1.807) is 0 Å². The molecule has 0 unspecified atom stereocenters. The molecule has 1 aromatic heterocycles. The molecule has 3 heteroatoms. The molecule has 1 aromatic carbocycles. The van der Waals surface area contributed by atoms with Crippen LogP contribution >= 0.6 is 0 Å². The molecule has 12 heavy (non-hydrogen) atoms. The van der Waals surface area contributed by atoms with Crippen molar-refractivity contribution in [1.29, 1.82) is 0 Å². The minimum Gasteiger partial charge on any atom is -0.359 e. The predicted octanol–water partition coefficient (Wildman–Crippen LogP) is 1.91. The van der Waals surface area contributed by atoms with Crippen LogP contribution in [-0.2, 0) is 0 Å². The third-order valence-corrected chi connectivity index (χ3v) is 1.87. The maximum absolute atomic E-state index is 4.31. The number of H-pyrrole nitrogens is 1. The first-order valence-corrected chi connectivity index (χ1v) is 3.94. The predicted molar refractivity (Wildman–Crippen MR) is 50.4 cm³/mol. The van der Waals surface area contributed by atoms with Crippen LogP contribution in [0.5, 0.6) is 0 Å². The molecule has 0 saturated heterocycles. The van der Waals surface area contributed by atoms with Crippen LogP contribution < -0.4 is 5.32 Å². The van der Waals surface area contributed by atoms with Crippen molar-refractivity contribution >= 4 is 17.0 Å². The molecule has 0 spiro atoms.